The molecule has 3 saturated heterocycles. The van der Waals surface area contributed by atoms with E-state index in [4.69, 9.17) is 112 Å². The molecule has 117 heavy (non-hydrogen) atoms. The number of hydrogen-bond acceptors (Lipinski definition) is 18. The van der Waals surface area contributed by atoms with Gasteiger partial charge < -0.3 is 57.4 Å². The Morgan fingerprint density at radius 2 is 0.701 bits per heavy atom. The van der Waals surface area contributed by atoms with Gasteiger partial charge in [0.1, 0.15) is 40.0 Å². The number of aromatic carboxylic acids is 1. The number of halogens is 6. The molecule has 9 atom stereocenters. The summed E-state index contributed by atoms with van der Waals surface area (Å²) in [4.78, 5) is 104. The average molecular weight is 1710 g/mol. The second-order valence-electron chi connectivity index (χ2n) is 32.4. The van der Waals surface area contributed by atoms with Gasteiger partial charge in [0.05, 0.1) is 104 Å². The molecule has 9 aliphatic rings. The van der Waals surface area contributed by atoms with Crippen LogP contribution < -0.4 is 14.7 Å². The van der Waals surface area contributed by atoms with Crippen LogP contribution in [-0.4, -0.2) is 115 Å². The molecule has 9 aromatic rings. The van der Waals surface area contributed by atoms with E-state index in [0.29, 0.717) is 131 Å². The van der Waals surface area contributed by atoms with Crippen LogP contribution >= 0.6 is 69.6 Å². The summed E-state index contributed by atoms with van der Waals surface area (Å²) < 4.78 is 41.6. The Morgan fingerprint density at radius 1 is 0.410 bits per heavy atom. The lowest BCUT2D eigenvalue weighted by Gasteiger charge is -2.31. The van der Waals surface area contributed by atoms with Gasteiger partial charge in [-0.15, -0.1) is 0 Å². The van der Waals surface area contributed by atoms with Crippen molar-refractivity contribution < 1.29 is 81.1 Å². The summed E-state index contributed by atoms with van der Waals surface area (Å²) in [6.45, 7) is 6.15. The normalized spacial score (nSPS) is 22.2. The first-order valence-electron chi connectivity index (χ1n) is 39.4. The average Bonchev–Trinajstić information content (AvgIpc) is 1.60. The number of aromatic nitrogens is 3. The number of carboxylic acid groups (broad SMARTS) is 2. The van der Waals surface area contributed by atoms with Crippen LogP contribution in [0.15, 0.2) is 141 Å². The number of benzene rings is 6. The summed E-state index contributed by atoms with van der Waals surface area (Å²) >= 11 is 38.8. The Balaban J connectivity index is 0.000000132. The highest BCUT2D eigenvalue weighted by molar-refractivity contribution is 6.40. The molecule has 3 aromatic heterocycles. The van der Waals surface area contributed by atoms with Gasteiger partial charge in [0.2, 0.25) is 17.7 Å². The number of carbonyl (C=O) groups is 8. The van der Waals surface area contributed by atoms with Crippen LogP contribution in [0, 0.1) is 17.8 Å². The zero-order chi connectivity index (χ0) is 82.0. The minimum atomic E-state index is -1.01. The van der Waals surface area contributed by atoms with Crippen LogP contribution in [-0.2, 0) is 62.7 Å². The number of ether oxygens (including phenoxy) is 4. The standard InChI is InChI=1S/C33H34Cl2N2O6.C29H26Cl2N2O6.C26H22Cl2N2O5/c1-33(2,3)42-28(39)14-13-26(38)18-9-11-20(12-10-18)37-21-15-22(32(37)40)27(16-21)41-17-23-30(36-43-31(23)19-7-8-19)29-24(34)5-4-6-25(29)35;30-21-2-1-3-22(31)26(21)27-20(28(39-32-27)16-4-5-16)14-38-24-13-18-12-19(24)29(37)33(18)17-8-6-15(7-9-17)23(34)10-11-25(35)36;27-19-2-1-3-20(28)22(19)23-18(24(35-29-23)13-4-5-13)12-34-21-11-16-10-17(21)25(31)30(16)15-8-6-14(7-9-15)26(32)33/h4-6,9-12,19,21-22,27H,7-8,13-17H2,1-3H3;1-3,6-9,16,18-19,24H,4-5,10-14H2,(H,35,36);1-3,6-9,13,16-17,21H,4-5,10-12H2,(H,32,33)/t21-,22+,27+;18-,19+,24+;16-,17+,21+/m000/s1. The second kappa shape index (κ2) is 33.9. The Bertz CT molecular complexity index is 5300. The van der Waals surface area contributed by atoms with Crippen LogP contribution in [0.3, 0.4) is 0 Å². The molecule has 2 N–H and O–H groups in total. The van der Waals surface area contributed by atoms with Gasteiger partial charge in [0.25, 0.3) is 0 Å². The van der Waals surface area contributed by atoms with E-state index in [2.05, 4.69) is 15.5 Å². The number of hydrogen-bond donors (Lipinski definition) is 2. The topological polar surface area (TPSA) is 302 Å². The predicted octanol–water partition coefficient (Wildman–Crippen LogP) is 19.8. The fourth-order valence-corrected chi connectivity index (χ4v) is 18.9. The van der Waals surface area contributed by atoms with Crippen molar-refractivity contribution in [2.75, 3.05) is 14.7 Å². The lowest BCUT2D eigenvalue weighted by molar-refractivity contribution is -0.154. The van der Waals surface area contributed by atoms with E-state index in [1.165, 1.54) is 12.1 Å². The fraction of sp³-hybridized carbons (Fsp3) is 0.398. The number of fused-ring (bicyclic) bond motifs is 6. The molecule has 0 unspecified atom stereocenters. The summed E-state index contributed by atoms with van der Waals surface area (Å²) in [6, 6.07) is 36.3. The summed E-state index contributed by atoms with van der Waals surface area (Å²) in [5, 5.41) is 33.8. The van der Waals surface area contributed by atoms with Crippen molar-refractivity contribution in [1.29, 1.82) is 0 Å². The predicted molar refractivity (Wildman–Crippen MR) is 436 cm³/mol. The summed E-state index contributed by atoms with van der Waals surface area (Å²) in [5.41, 5.74) is 8.92. The summed E-state index contributed by atoms with van der Waals surface area (Å²) in [5.74, 6) is -0.130. The molecule has 18 rings (SSSR count). The number of carboxylic acids is 2. The third-order valence-electron chi connectivity index (χ3n) is 23.3. The molecule has 6 saturated carbocycles. The zero-order valence-corrected chi connectivity index (χ0v) is 68.5. The number of Topliss-reactive ketones (excluding diaryl/α,β-unsaturated/α-hetero) is 2. The lowest BCUT2D eigenvalue weighted by atomic mass is 10.0. The fourth-order valence-electron chi connectivity index (χ4n) is 17.2. The van der Waals surface area contributed by atoms with Crippen molar-refractivity contribution in [3.63, 3.8) is 0 Å². The van der Waals surface area contributed by atoms with E-state index >= 15 is 0 Å². The van der Waals surface area contributed by atoms with Crippen LogP contribution in [0.5, 0.6) is 0 Å². The molecule has 23 nitrogen and oxygen atoms in total. The van der Waals surface area contributed by atoms with Crippen LogP contribution in [0.4, 0.5) is 17.1 Å². The summed E-state index contributed by atoms with van der Waals surface area (Å²) in [6.07, 6.45) is 9.63. The molecule has 6 aliphatic carbocycles. The highest BCUT2D eigenvalue weighted by Crippen LogP contribution is 2.53. The third kappa shape index (κ3) is 17.2. The number of amides is 3. The quantitative estimate of drug-likeness (QED) is 0.0357. The lowest BCUT2D eigenvalue weighted by Crippen LogP contribution is -2.43. The molecule has 6 aromatic carbocycles. The molecule has 29 heteroatoms. The molecule has 3 aliphatic heterocycles. The minimum Gasteiger partial charge on any atom is -0.481 e. The highest BCUT2D eigenvalue weighted by Gasteiger charge is 2.55. The molecule has 6 bridgehead atoms. The van der Waals surface area contributed by atoms with Gasteiger partial charge in [0.15, 0.2) is 11.6 Å². The first-order valence-corrected chi connectivity index (χ1v) is 41.7. The molecular formula is C88H82Cl6N6O17. The molecule has 9 fully saturated rings. The molecule has 0 radical (unpaired) electrons. The van der Waals surface area contributed by atoms with Crippen molar-refractivity contribution >= 4 is 134 Å². The second-order valence-corrected chi connectivity index (χ2v) is 34.8. The van der Waals surface area contributed by atoms with E-state index < -0.39 is 23.5 Å². The maximum Gasteiger partial charge on any atom is 0.335 e. The minimum absolute atomic E-state index is 0.00307. The number of rotatable bonds is 27. The van der Waals surface area contributed by atoms with Gasteiger partial charge >= 0.3 is 17.9 Å². The van der Waals surface area contributed by atoms with E-state index in [0.717, 1.165) is 89.6 Å². The molecule has 6 heterocycles. The van der Waals surface area contributed by atoms with Gasteiger partial charge in [-0.1, -0.05) is 103 Å². The van der Waals surface area contributed by atoms with E-state index in [1.807, 2.05) is 4.90 Å². The van der Waals surface area contributed by atoms with Crippen LogP contribution in [0.1, 0.15) is 206 Å². The largest absolute Gasteiger partial charge is 0.481 e. The Morgan fingerprint density at radius 3 is 0.966 bits per heavy atom. The van der Waals surface area contributed by atoms with Crippen LogP contribution in [0.25, 0.3) is 33.8 Å². The number of anilines is 3. The zero-order valence-electron chi connectivity index (χ0n) is 64.0. The van der Waals surface area contributed by atoms with Gasteiger partial charge in [-0.25, -0.2) is 4.79 Å². The van der Waals surface area contributed by atoms with Crippen LogP contribution in [0.2, 0.25) is 30.1 Å². The van der Waals surface area contributed by atoms with Gasteiger partial charge in [-0.2, -0.15) is 0 Å². The smallest absolute Gasteiger partial charge is 0.335 e. The monoisotopic (exact) mass is 1700 g/mol. The number of ketones is 2. The SMILES string of the molecule is CC(C)(C)OC(=O)CCC(=O)c1ccc(N2C(=O)[C@@H]3C[C@H]2C[C@H]3OCc2c(-c3c(Cl)cccc3Cl)noc2C2CC2)cc1.O=C(O)CCC(=O)c1ccc(N2C(=O)[C@@H]3C[C@H]2C[C@H]3OCc2c(-c3c(Cl)cccc3Cl)noc2C2CC2)cc1.O=C(O)c1ccc(N2C(=O)[C@@H]3C[C@H]2C[C@H]3OCc2c(-c3c(Cl)cccc3Cl)noc2C2CC2)cc1. The van der Waals surface area contributed by atoms with E-state index in [-0.39, 0.29) is 135 Å². The summed E-state index contributed by atoms with van der Waals surface area (Å²) in [7, 11) is 0. The van der Waals surface area contributed by atoms with Gasteiger partial charge in [0, 0.05) is 110 Å². The van der Waals surface area contributed by atoms with E-state index in [9.17, 15) is 38.4 Å². The highest BCUT2D eigenvalue weighted by atomic mass is 35.5. The van der Waals surface area contributed by atoms with Crippen molar-refractivity contribution in [2.45, 2.75) is 203 Å². The number of esters is 1. The molecule has 0 spiro atoms. The number of nitrogens with zero attached hydrogens (tertiary/aromatic N) is 6. The maximum absolute atomic E-state index is 13.5. The molecular weight excluding hydrogens is 1630 g/mol. The molecule has 608 valence electrons. The molecule has 3 amide bonds. The Hall–Kier alpha value is -9.27. The first-order chi connectivity index (χ1) is 56.2. The maximum atomic E-state index is 13.5. The number of piperidine rings is 3. The van der Waals surface area contributed by atoms with Crippen molar-refractivity contribution in [3.8, 4) is 33.8 Å². The number of aliphatic carboxylic acids is 1. The van der Waals surface area contributed by atoms with Crippen molar-refractivity contribution in [1.82, 2.24) is 15.5 Å². The van der Waals surface area contributed by atoms with Crippen molar-refractivity contribution in [3.05, 3.63) is 208 Å². The Labute approximate surface area is 703 Å². The Kier molecular flexibility index (Phi) is 23.6. The van der Waals surface area contributed by atoms with E-state index in [1.54, 1.807) is 146 Å². The number of carbonyl (C=O) groups excluding carboxylic acids is 6. The third-order valence-corrected chi connectivity index (χ3v) is 25.2. The van der Waals surface area contributed by atoms with Gasteiger partial charge in [-0.3, -0.25) is 33.6 Å². The van der Waals surface area contributed by atoms with Crippen molar-refractivity contribution in [2.24, 2.45) is 17.8 Å². The first kappa shape index (κ1) is 81.5. The van der Waals surface area contributed by atoms with Gasteiger partial charge in [-0.05, 0) is 207 Å².